The first-order valence-electron chi connectivity index (χ1n) is 9.97. The summed E-state index contributed by atoms with van der Waals surface area (Å²) in [5.74, 6) is 1.58. The third-order valence-electron chi connectivity index (χ3n) is 5.85. The average Bonchev–Trinajstić information content (AvgIpc) is 3.51. The molecule has 0 saturated heterocycles. The quantitative estimate of drug-likeness (QED) is 0.470. The van der Waals surface area contributed by atoms with Crippen LogP contribution in [0.15, 0.2) is 82.6 Å². The van der Waals surface area contributed by atoms with Crippen molar-refractivity contribution in [2.45, 2.75) is 25.6 Å². The summed E-state index contributed by atoms with van der Waals surface area (Å²) in [4.78, 5) is 12.3. The number of nitrogens with zero attached hydrogens (tertiary/aromatic N) is 3. The Bertz CT molecular complexity index is 1300. The van der Waals surface area contributed by atoms with Gasteiger partial charge in [-0.15, -0.1) is 0 Å². The molecular formula is C24H19N3O3. The normalized spacial score (nSPS) is 19.9. The van der Waals surface area contributed by atoms with Crippen LogP contribution in [0.2, 0.25) is 0 Å². The van der Waals surface area contributed by atoms with Crippen LogP contribution in [0, 0.1) is 0 Å². The van der Waals surface area contributed by atoms with Gasteiger partial charge in [0.05, 0.1) is 17.8 Å². The van der Waals surface area contributed by atoms with E-state index >= 15 is 0 Å². The Hall–Kier alpha value is -3.80. The summed E-state index contributed by atoms with van der Waals surface area (Å²) in [5, 5.41) is 7.90. The van der Waals surface area contributed by atoms with Crippen LogP contribution >= 0.6 is 0 Å². The topological polar surface area (TPSA) is 60.0 Å². The number of ether oxygens (including phenoxy) is 1. The minimum Gasteiger partial charge on any atom is -0.464 e. The standard InChI is InChI=1S/C24H19N3O3/c1-15(28)26-14-18(16-7-2-4-9-20(16)26)24-27-21(17-8-3-5-10-22(17)30-24)13-19(25-27)23-11-6-12-29-23/h2-12,14,21,24H,13H2,1H3/t21-,24+/m1/s1. The van der Waals surface area contributed by atoms with Crippen molar-refractivity contribution in [3.63, 3.8) is 0 Å². The van der Waals surface area contributed by atoms with E-state index in [4.69, 9.17) is 14.3 Å². The van der Waals surface area contributed by atoms with E-state index in [-0.39, 0.29) is 11.9 Å². The van der Waals surface area contributed by atoms with E-state index in [0.29, 0.717) is 0 Å². The SMILES string of the molecule is CC(=O)n1cc([C@@H]2Oc3ccccc3[C@H]3CC(c4ccco4)=NN32)c2ccccc21. The molecule has 6 heteroatoms. The van der Waals surface area contributed by atoms with Crippen molar-refractivity contribution >= 4 is 22.5 Å². The lowest BCUT2D eigenvalue weighted by molar-refractivity contribution is -0.0181. The summed E-state index contributed by atoms with van der Waals surface area (Å²) in [6, 6.07) is 19.8. The van der Waals surface area contributed by atoms with Crippen LogP contribution in [-0.4, -0.2) is 21.2 Å². The number of hydrogen-bond acceptors (Lipinski definition) is 5. The van der Waals surface area contributed by atoms with Crippen molar-refractivity contribution in [2.75, 3.05) is 0 Å². The molecule has 0 aliphatic carbocycles. The fourth-order valence-electron chi connectivity index (χ4n) is 4.49. The number of aromatic nitrogens is 1. The minimum absolute atomic E-state index is 0.0357. The van der Waals surface area contributed by atoms with Gasteiger partial charge in [0.2, 0.25) is 12.1 Å². The molecular weight excluding hydrogens is 378 g/mol. The highest BCUT2D eigenvalue weighted by Gasteiger charge is 2.42. The second-order valence-electron chi connectivity index (χ2n) is 7.62. The Morgan fingerprint density at radius 3 is 2.70 bits per heavy atom. The summed E-state index contributed by atoms with van der Waals surface area (Å²) in [5.41, 5.74) is 3.79. The van der Waals surface area contributed by atoms with E-state index in [0.717, 1.165) is 45.7 Å². The third-order valence-corrected chi connectivity index (χ3v) is 5.85. The highest BCUT2D eigenvalue weighted by atomic mass is 16.5. The molecule has 0 spiro atoms. The maximum atomic E-state index is 12.3. The van der Waals surface area contributed by atoms with Gasteiger partial charge in [0.1, 0.15) is 17.2 Å². The summed E-state index contributed by atoms with van der Waals surface area (Å²) < 4.78 is 13.8. The van der Waals surface area contributed by atoms with E-state index in [9.17, 15) is 4.79 Å². The first kappa shape index (κ1) is 17.1. The Kier molecular flexibility index (Phi) is 3.62. The predicted octanol–water partition coefficient (Wildman–Crippen LogP) is 5.14. The van der Waals surface area contributed by atoms with E-state index in [1.807, 2.05) is 65.8 Å². The second-order valence-corrected chi connectivity index (χ2v) is 7.62. The first-order valence-corrected chi connectivity index (χ1v) is 9.97. The highest BCUT2D eigenvalue weighted by Crippen LogP contribution is 2.48. The van der Waals surface area contributed by atoms with Gasteiger partial charge in [-0.05, 0) is 24.3 Å². The maximum Gasteiger partial charge on any atom is 0.227 e. The van der Waals surface area contributed by atoms with Gasteiger partial charge in [0.15, 0.2) is 0 Å². The number of carbonyl (C=O) groups is 1. The molecule has 6 rings (SSSR count). The molecule has 0 unspecified atom stereocenters. The number of benzene rings is 2. The van der Waals surface area contributed by atoms with Crippen LogP contribution in [-0.2, 0) is 0 Å². The van der Waals surface area contributed by atoms with Crippen LogP contribution in [0.5, 0.6) is 5.75 Å². The molecule has 148 valence electrons. The molecule has 0 saturated carbocycles. The summed E-state index contributed by atoms with van der Waals surface area (Å²) in [6.45, 7) is 1.57. The minimum atomic E-state index is -0.442. The molecule has 0 bridgehead atoms. The Labute approximate surface area is 173 Å². The molecule has 2 atom stereocenters. The highest BCUT2D eigenvalue weighted by molar-refractivity contribution is 5.99. The molecule has 0 fully saturated rings. The van der Waals surface area contributed by atoms with Gasteiger partial charge >= 0.3 is 0 Å². The van der Waals surface area contributed by atoms with E-state index < -0.39 is 6.23 Å². The van der Waals surface area contributed by atoms with Crippen LogP contribution in [0.25, 0.3) is 10.9 Å². The van der Waals surface area contributed by atoms with Gasteiger partial charge in [-0.3, -0.25) is 9.36 Å². The molecule has 2 aromatic heterocycles. The van der Waals surface area contributed by atoms with Gasteiger partial charge in [0.25, 0.3) is 0 Å². The number of rotatable bonds is 2. The number of carbonyl (C=O) groups excluding carboxylic acids is 1. The van der Waals surface area contributed by atoms with E-state index in [1.165, 1.54) is 0 Å². The van der Waals surface area contributed by atoms with Gasteiger partial charge in [-0.25, -0.2) is 5.01 Å². The van der Waals surface area contributed by atoms with Crippen molar-refractivity contribution in [3.8, 4) is 5.75 Å². The smallest absolute Gasteiger partial charge is 0.227 e. The van der Waals surface area contributed by atoms with E-state index in [1.54, 1.807) is 17.8 Å². The Balaban J connectivity index is 1.54. The Morgan fingerprint density at radius 2 is 1.87 bits per heavy atom. The van der Waals surface area contributed by atoms with Crippen LogP contribution in [0.1, 0.15) is 47.3 Å². The van der Waals surface area contributed by atoms with Crippen LogP contribution in [0.4, 0.5) is 0 Å². The number of hydrazone groups is 1. The zero-order valence-electron chi connectivity index (χ0n) is 16.4. The van der Waals surface area contributed by atoms with Crippen molar-refractivity contribution in [1.82, 2.24) is 9.58 Å². The molecule has 4 aromatic rings. The number of fused-ring (bicyclic) bond motifs is 4. The molecule has 30 heavy (non-hydrogen) atoms. The summed E-state index contributed by atoms with van der Waals surface area (Å²) in [7, 11) is 0. The van der Waals surface area contributed by atoms with Gasteiger partial charge in [0, 0.05) is 36.1 Å². The van der Waals surface area contributed by atoms with Crippen molar-refractivity contribution in [2.24, 2.45) is 5.10 Å². The number of hydrogen-bond donors (Lipinski definition) is 0. The third kappa shape index (κ3) is 2.43. The molecule has 2 aliphatic rings. The fraction of sp³-hybridized carbons (Fsp3) is 0.167. The van der Waals surface area contributed by atoms with Crippen LogP contribution in [0.3, 0.4) is 0 Å². The predicted molar refractivity (Wildman–Crippen MR) is 112 cm³/mol. The Morgan fingerprint density at radius 1 is 1.03 bits per heavy atom. The lowest BCUT2D eigenvalue weighted by Crippen LogP contribution is -2.33. The van der Waals surface area contributed by atoms with Crippen molar-refractivity contribution < 1.29 is 13.9 Å². The zero-order chi connectivity index (χ0) is 20.2. The molecule has 2 aromatic carbocycles. The van der Waals surface area contributed by atoms with E-state index in [2.05, 4.69) is 6.07 Å². The lowest BCUT2D eigenvalue weighted by Gasteiger charge is -2.37. The maximum absolute atomic E-state index is 12.3. The van der Waals surface area contributed by atoms with Crippen molar-refractivity contribution in [1.29, 1.82) is 0 Å². The summed E-state index contributed by atoms with van der Waals surface area (Å²) >= 11 is 0. The number of furan rings is 1. The molecule has 0 amide bonds. The largest absolute Gasteiger partial charge is 0.464 e. The lowest BCUT2D eigenvalue weighted by atomic mass is 9.97. The van der Waals surface area contributed by atoms with Crippen LogP contribution < -0.4 is 4.74 Å². The first-order chi connectivity index (χ1) is 14.7. The molecule has 6 nitrogen and oxygen atoms in total. The summed E-state index contributed by atoms with van der Waals surface area (Å²) in [6.07, 6.45) is 3.83. The molecule has 0 radical (unpaired) electrons. The monoisotopic (exact) mass is 397 g/mol. The van der Waals surface area contributed by atoms with Gasteiger partial charge < -0.3 is 9.15 Å². The number of para-hydroxylation sites is 2. The molecule has 2 aliphatic heterocycles. The van der Waals surface area contributed by atoms with Gasteiger partial charge in [-0.2, -0.15) is 5.10 Å². The average molecular weight is 397 g/mol. The van der Waals surface area contributed by atoms with Crippen molar-refractivity contribution in [3.05, 3.63) is 90.0 Å². The van der Waals surface area contributed by atoms with Gasteiger partial charge in [-0.1, -0.05) is 36.4 Å². The molecule has 4 heterocycles. The fourth-order valence-corrected chi connectivity index (χ4v) is 4.49. The zero-order valence-corrected chi connectivity index (χ0v) is 16.4. The second kappa shape index (κ2) is 6.35. The molecule has 0 N–H and O–H groups in total.